The smallest absolute Gasteiger partial charge is 0.332 e. The monoisotopic (exact) mass is 345 g/mol. The second-order valence-corrected chi connectivity index (χ2v) is 5.62. The number of carbonyl (C=O) groups excluding carboxylic acids is 1. The van der Waals surface area contributed by atoms with Crippen LogP contribution in [0.25, 0.3) is 0 Å². The highest BCUT2D eigenvalue weighted by Gasteiger charge is 2.15. The molecule has 0 aliphatic heterocycles. The number of nitrogens with zero attached hydrogens (tertiary/aromatic N) is 1. The topological polar surface area (TPSA) is 76.7 Å². The Morgan fingerprint density at radius 1 is 0.885 bits per heavy atom. The van der Waals surface area contributed by atoms with Crippen LogP contribution in [0.2, 0.25) is 0 Å². The lowest BCUT2D eigenvalue weighted by atomic mass is 10.0. The van der Waals surface area contributed by atoms with Gasteiger partial charge in [0.2, 0.25) is 0 Å². The van der Waals surface area contributed by atoms with Crippen LogP contribution in [0.5, 0.6) is 5.75 Å². The normalized spacial score (nSPS) is 10.8. The van der Waals surface area contributed by atoms with E-state index in [0.717, 1.165) is 22.4 Å². The average molecular weight is 345 g/mol. The summed E-state index contributed by atoms with van der Waals surface area (Å²) in [6, 6.07) is 26.9. The van der Waals surface area contributed by atoms with Crippen molar-refractivity contribution in [1.82, 2.24) is 5.43 Å². The van der Waals surface area contributed by atoms with Crippen LogP contribution in [0, 0.1) is 0 Å². The number of urea groups is 1. The van der Waals surface area contributed by atoms with Crippen molar-refractivity contribution in [3.05, 3.63) is 102 Å². The first kappa shape index (κ1) is 17.2. The highest BCUT2D eigenvalue weighted by molar-refractivity contribution is 5.81. The van der Waals surface area contributed by atoms with Crippen LogP contribution in [0.1, 0.15) is 22.8 Å². The minimum absolute atomic E-state index is 0.201. The molecule has 0 unspecified atom stereocenters. The summed E-state index contributed by atoms with van der Waals surface area (Å²) in [5.74, 6) is 0.739. The molecule has 0 aliphatic rings. The number of primary amides is 1. The van der Waals surface area contributed by atoms with E-state index >= 15 is 0 Å². The molecule has 3 aromatic rings. The van der Waals surface area contributed by atoms with Crippen LogP contribution in [-0.4, -0.2) is 12.2 Å². The zero-order valence-electron chi connectivity index (χ0n) is 14.1. The van der Waals surface area contributed by atoms with Gasteiger partial charge in [-0.05, 0) is 41.0 Å². The number of carbonyl (C=O) groups is 1. The molecule has 5 heteroatoms. The second-order valence-electron chi connectivity index (χ2n) is 5.62. The molecule has 2 amide bonds. The maximum atomic E-state index is 10.6. The van der Waals surface area contributed by atoms with Crippen LogP contribution in [0.3, 0.4) is 0 Å². The van der Waals surface area contributed by atoms with Crippen molar-refractivity contribution in [2.24, 2.45) is 10.8 Å². The predicted octanol–water partition coefficient (Wildman–Crippen LogP) is 3.86. The van der Waals surface area contributed by atoms with E-state index in [-0.39, 0.29) is 6.10 Å². The number of hydrogen-bond acceptors (Lipinski definition) is 3. The Hall–Kier alpha value is -3.60. The summed E-state index contributed by atoms with van der Waals surface area (Å²) < 4.78 is 6.25. The van der Waals surface area contributed by atoms with Gasteiger partial charge in [-0.2, -0.15) is 5.10 Å². The molecule has 0 atom stereocenters. The van der Waals surface area contributed by atoms with Crippen molar-refractivity contribution in [2.45, 2.75) is 6.10 Å². The quantitative estimate of drug-likeness (QED) is 0.526. The Balaban J connectivity index is 1.79. The van der Waals surface area contributed by atoms with Crippen molar-refractivity contribution in [1.29, 1.82) is 0 Å². The van der Waals surface area contributed by atoms with E-state index in [0.29, 0.717) is 0 Å². The summed E-state index contributed by atoms with van der Waals surface area (Å²) in [6.07, 6.45) is 1.31. The molecule has 0 aliphatic carbocycles. The molecular weight excluding hydrogens is 326 g/mol. The number of nitrogens with one attached hydrogen (secondary N) is 1. The molecule has 3 rings (SSSR count). The maximum Gasteiger partial charge on any atom is 0.332 e. The van der Waals surface area contributed by atoms with Crippen molar-refractivity contribution >= 4 is 12.2 Å². The first-order chi connectivity index (χ1) is 12.7. The van der Waals surface area contributed by atoms with Crippen molar-refractivity contribution in [2.75, 3.05) is 0 Å². The van der Waals surface area contributed by atoms with Gasteiger partial charge >= 0.3 is 6.03 Å². The lowest BCUT2D eigenvalue weighted by Gasteiger charge is -2.20. The lowest BCUT2D eigenvalue weighted by Crippen LogP contribution is -2.24. The Kier molecular flexibility index (Phi) is 5.62. The summed E-state index contributed by atoms with van der Waals surface area (Å²) in [7, 11) is 0. The summed E-state index contributed by atoms with van der Waals surface area (Å²) >= 11 is 0. The third-order valence-corrected chi connectivity index (χ3v) is 3.73. The number of hydrogen-bond donors (Lipinski definition) is 2. The summed E-state index contributed by atoms with van der Waals surface area (Å²) in [4.78, 5) is 10.6. The van der Waals surface area contributed by atoms with Crippen molar-refractivity contribution in [3.63, 3.8) is 0 Å². The fourth-order valence-corrected chi connectivity index (χ4v) is 2.52. The molecule has 5 nitrogen and oxygen atoms in total. The number of rotatable bonds is 6. The first-order valence-electron chi connectivity index (χ1n) is 8.17. The maximum absolute atomic E-state index is 10.6. The van der Waals surface area contributed by atoms with E-state index in [1.165, 1.54) is 6.21 Å². The van der Waals surface area contributed by atoms with Gasteiger partial charge in [-0.25, -0.2) is 10.2 Å². The largest absolute Gasteiger partial charge is 0.481 e. The summed E-state index contributed by atoms with van der Waals surface area (Å²) in [5.41, 5.74) is 10.1. The van der Waals surface area contributed by atoms with Gasteiger partial charge in [0.25, 0.3) is 0 Å². The molecule has 3 N–H and O–H groups in total. The van der Waals surface area contributed by atoms with E-state index in [1.54, 1.807) is 0 Å². The Bertz CT molecular complexity index is 823. The molecule has 0 radical (unpaired) electrons. The van der Waals surface area contributed by atoms with Crippen LogP contribution < -0.4 is 15.9 Å². The van der Waals surface area contributed by atoms with Gasteiger partial charge in [-0.1, -0.05) is 60.7 Å². The minimum Gasteiger partial charge on any atom is -0.481 e. The van der Waals surface area contributed by atoms with Crippen LogP contribution in [0.15, 0.2) is 90.0 Å². The zero-order valence-corrected chi connectivity index (χ0v) is 14.1. The highest BCUT2D eigenvalue weighted by Crippen LogP contribution is 2.28. The van der Waals surface area contributed by atoms with Gasteiger partial charge in [0.15, 0.2) is 0 Å². The number of benzene rings is 3. The van der Waals surface area contributed by atoms with E-state index < -0.39 is 6.03 Å². The van der Waals surface area contributed by atoms with E-state index in [2.05, 4.69) is 10.5 Å². The molecule has 0 heterocycles. The van der Waals surface area contributed by atoms with Crippen LogP contribution in [0.4, 0.5) is 4.79 Å². The predicted molar refractivity (Wildman–Crippen MR) is 102 cm³/mol. The van der Waals surface area contributed by atoms with Gasteiger partial charge in [-0.15, -0.1) is 0 Å². The SMILES string of the molecule is NC(=O)NN=Cc1ccc(OC(c2ccccc2)c2ccccc2)cc1. The fraction of sp³-hybridized carbons (Fsp3) is 0.0476. The van der Waals surface area contributed by atoms with Crippen molar-refractivity contribution < 1.29 is 9.53 Å². The van der Waals surface area contributed by atoms with E-state index in [1.807, 2.05) is 84.9 Å². The fourth-order valence-electron chi connectivity index (χ4n) is 2.52. The second kappa shape index (κ2) is 8.48. The zero-order chi connectivity index (χ0) is 18.2. The third kappa shape index (κ3) is 4.70. The number of amides is 2. The molecule has 130 valence electrons. The van der Waals surface area contributed by atoms with Gasteiger partial charge in [0, 0.05) is 0 Å². The van der Waals surface area contributed by atoms with Gasteiger partial charge in [-0.3, -0.25) is 0 Å². The van der Waals surface area contributed by atoms with Crippen LogP contribution >= 0.6 is 0 Å². The molecule has 3 aromatic carbocycles. The standard InChI is InChI=1S/C21H19N3O2/c22-21(25)24-23-15-16-11-13-19(14-12-16)26-20(17-7-3-1-4-8-17)18-9-5-2-6-10-18/h1-15,20H,(H3,22,24,25). The molecule has 0 saturated heterocycles. The Labute approximate surface area is 152 Å². The summed E-state index contributed by atoms with van der Waals surface area (Å²) in [6.45, 7) is 0. The molecule has 26 heavy (non-hydrogen) atoms. The average Bonchev–Trinajstić information content (AvgIpc) is 2.68. The Morgan fingerprint density at radius 2 is 1.42 bits per heavy atom. The first-order valence-corrected chi connectivity index (χ1v) is 8.17. The molecule has 0 aromatic heterocycles. The highest BCUT2D eigenvalue weighted by atomic mass is 16.5. The van der Waals surface area contributed by atoms with Gasteiger partial charge in [0.05, 0.1) is 6.21 Å². The molecule has 0 bridgehead atoms. The lowest BCUT2D eigenvalue weighted by molar-refractivity contribution is 0.247. The van der Waals surface area contributed by atoms with Gasteiger partial charge < -0.3 is 10.5 Å². The number of hydrazone groups is 1. The third-order valence-electron chi connectivity index (χ3n) is 3.73. The van der Waals surface area contributed by atoms with Gasteiger partial charge in [0.1, 0.15) is 11.9 Å². The van der Waals surface area contributed by atoms with Crippen LogP contribution in [-0.2, 0) is 0 Å². The molecule has 0 spiro atoms. The number of ether oxygens (including phenoxy) is 1. The van der Waals surface area contributed by atoms with E-state index in [4.69, 9.17) is 10.5 Å². The molecule has 0 fully saturated rings. The van der Waals surface area contributed by atoms with E-state index in [9.17, 15) is 4.79 Å². The molecular formula is C21H19N3O2. The Morgan fingerprint density at radius 3 is 1.92 bits per heavy atom. The number of nitrogens with two attached hydrogens (primary N) is 1. The molecule has 0 saturated carbocycles. The van der Waals surface area contributed by atoms with Crippen molar-refractivity contribution in [3.8, 4) is 5.75 Å². The minimum atomic E-state index is -0.699. The summed E-state index contributed by atoms with van der Waals surface area (Å²) in [5, 5.41) is 3.74.